The Hall–Kier alpha value is -7.24. The molecule has 0 amide bonds. The lowest BCUT2D eigenvalue weighted by Gasteiger charge is -2.27. The normalized spacial score (nSPS) is 13.5. The van der Waals surface area contributed by atoms with Gasteiger partial charge in [-0.15, -0.1) is 0 Å². The summed E-state index contributed by atoms with van der Waals surface area (Å²) < 4.78 is 66.5. The number of pyridine rings is 1. The fraction of sp³-hybridized carbons (Fsp3) is 0.200. The number of fused-ring (bicyclic) bond motifs is 4. The van der Waals surface area contributed by atoms with Gasteiger partial charge in [0.15, 0.2) is 0 Å². The number of ether oxygens (including phenoxy) is 1. The van der Waals surface area contributed by atoms with Crippen molar-refractivity contribution >= 4 is 32.8 Å². The highest BCUT2D eigenvalue weighted by Gasteiger charge is 2.25. The van der Waals surface area contributed by atoms with Crippen molar-refractivity contribution in [2.45, 2.75) is 72.6 Å². The van der Waals surface area contributed by atoms with E-state index in [1.807, 2.05) is 59.2 Å². The third kappa shape index (κ3) is 8.01. The minimum atomic E-state index is -0.411. The lowest BCUT2D eigenvalue weighted by atomic mass is 9.78. The van der Waals surface area contributed by atoms with Crippen LogP contribution >= 0.6 is 0 Å². The summed E-state index contributed by atoms with van der Waals surface area (Å²) in [5.41, 5.74) is 11.8. The summed E-state index contributed by atoms with van der Waals surface area (Å²) >= 11 is 0. The van der Waals surface area contributed by atoms with Crippen molar-refractivity contribution in [2.24, 2.45) is 5.92 Å². The molecule has 322 valence electrons. The number of hydrogen-bond donors (Lipinski definition) is 0. The first-order valence-electron chi connectivity index (χ1n) is 25.4. The minimum absolute atomic E-state index is 0.0854. The predicted molar refractivity (Wildman–Crippen MR) is 269 cm³/mol. The molecule has 0 spiro atoms. The van der Waals surface area contributed by atoms with Gasteiger partial charge in [0.1, 0.15) is 17.3 Å². The van der Waals surface area contributed by atoms with Gasteiger partial charge in [0.25, 0.3) is 6.33 Å². The van der Waals surface area contributed by atoms with E-state index in [9.17, 15) is 2.74 Å². The Bertz CT molecular complexity index is 3700. The van der Waals surface area contributed by atoms with E-state index in [2.05, 4.69) is 139 Å². The summed E-state index contributed by atoms with van der Waals surface area (Å²) in [4.78, 5) is 4.70. The first kappa shape index (κ1) is 35.2. The van der Waals surface area contributed by atoms with E-state index in [0.29, 0.717) is 23.0 Å². The number of imidazole rings is 1. The number of rotatable bonds is 9. The van der Waals surface area contributed by atoms with Gasteiger partial charge in [-0.25, -0.2) is 4.98 Å². The van der Waals surface area contributed by atoms with E-state index in [1.54, 1.807) is 16.8 Å². The van der Waals surface area contributed by atoms with Gasteiger partial charge in [-0.1, -0.05) is 171 Å². The van der Waals surface area contributed by atoms with E-state index in [0.717, 1.165) is 56.6 Å². The molecule has 0 atom stereocenters. The Morgan fingerprint density at radius 1 is 0.631 bits per heavy atom. The second-order valence-corrected chi connectivity index (χ2v) is 19.4. The second kappa shape index (κ2) is 16.4. The molecular weight excluding hydrogens is 793 g/mol. The maximum Gasteiger partial charge on any atom is 0.269 e. The highest BCUT2D eigenvalue weighted by molar-refractivity contribution is 6.09. The molecule has 3 aromatic heterocycles. The first-order valence-corrected chi connectivity index (χ1v) is 22.4. The van der Waals surface area contributed by atoms with Gasteiger partial charge >= 0.3 is 0 Å². The van der Waals surface area contributed by atoms with Crippen molar-refractivity contribution < 1.29 is 17.5 Å². The molecule has 0 aliphatic carbocycles. The summed E-state index contributed by atoms with van der Waals surface area (Å²) in [6, 6.07) is 43.6. The molecule has 0 bridgehead atoms. The zero-order valence-corrected chi connectivity index (χ0v) is 38.3. The molecule has 0 aliphatic rings. The van der Waals surface area contributed by atoms with Crippen molar-refractivity contribution in [3.8, 4) is 50.9 Å². The van der Waals surface area contributed by atoms with E-state index in [4.69, 9.17) is 15.2 Å². The predicted octanol–water partition coefficient (Wildman–Crippen LogP) is 15.1. The fourth-order valence-electron chi connectivity index (χ4n) is 8.78. The fourth-order valence-corrected chi connectivity index (χ4v) is 8.78. The van der Waals surface area contributed by atoms with Crippen LogP contribution in [0.1, 0.15) is 80.3 Å². The number of para-hydroxylation sites is 4. The maximum atomic E-state index is 9.41. The summed E-state index contributed by atoms with van der Waals surface area (Å²) in [5, 5.41) is 0.382. The van der Waals surface area contributed by atoms with E-state index >= 15 is 0 Å². The third-order valence-electron chi connectivity index (χ3n) is 12.1. The van der Waals surface area contributed by atoms with Crippen LogP contribution in [0.2, 0.25) is 0 Å². The van der Waals surface area contributed by atoms with E-state index in [-0.39, 0.29) is 57.0 Å². The Kier molecular flexibility index (Phi) is 8.86. The summed E-state index contributed by atoms with van der Waals surface area (Å²) in [6.07, 6.45) is 6.25. The molecule has 0 unspecified atom stereocenters. The average Bonchev–Trinajstić information content (AvgIpc) is 3.90. The molecule has 65 heavy (non-hydrogen) atoms. The standard InChI is InChI=1S/C60H56N4O/c1-40(2)32-41-30-31-61-57(33-41)64-53-25-13-12-22-51(53)52-29-28-48(38-56(52)64)65-47-21-16-20-46(37-47)62-39-63(55-27-15-14-26-54(55)62)58-49(42-18-10-9-11-19-42)23-17-24-50(58)43-34-44(59(3,4)5)36-45(35-43)60(6,7)8/h9-31,33-38,40H,32H2,1-8H3/i12D,13D,22D,25D,28D,29D. The van der Waals surface area contributed by atoms with Gasteiger partial charge in [0, 0.05) is 23.0 Å². The lowest BCUT2D eigenvalue weighted by Crippen LogP contribution is -2.31. The van der Waals surface area contributed by atoms with Crippen LogP contribution in [0.25, 0.3) is 72.3 Å². The zero-order valence-electron chi connectivity index (χ0n) is 44.3. The van der Waals surface area contributed by atoms with Crippen LogP contribution in [-0.4, -0.2) is 14.1 Å². The molecule has 0 N–H and O–H groups in total. The summed E-state index contributed by atoms with van der Waals surface area (Å²) in [5.74, 6) is 1.29. The van der Waals surface area contributed by atoms with Crippen LogP contribution in [-0.2, 0) is 17.3 Å². The van der Waals surface area contributed by atoms with Crippen molar-refractivity contribution in [3.63, 3.8) is 0 Å². The summed E-state index contributed by atoms with van der Waals surface area (Å²) in [6.45, 7) is 17.8. The Morgan fingerprint density at radius 2 is 1.32 bits per heavy atom. The minimum Gasteiger partial charge on any atom is -0.458 e. The molecule has 0 fully saturated rings. The molecule has 7 aromatic carbocycles. The Morgan fingerprint density at radius 3 is 2.08 bits per heavy atom. The van der Waals surface area contributed by atoms with Crippen molar-refractivity contribution in [1.29, 1.82) is 0 Å². The highest BCUT2D eigenvalue weighted by atomic mass is 16.5. The number of aromatic nitrogens is 4. The van der Waals surface area contributed by atoms with Gasteiger partial charge in [-0.3, -0.25) is 13.7 Å². The van der Waals surface area contributed by atoms with Crippen LogP contribution in [0.5, 0.6) is 11.5 Å². The van der Waals surface area contributed by atoms with E-state index < -0.39 is 12.1 Å². The van der Waals surface area contributed by atoms with Gasteiger partial charge in [0.2, 0.25) is 0 Å². The molecular formula is C60H56N4O. The van der Waals surface area contributed by atoms with Crippen molar-refractivity contribution in [3.05, 3.63) is 199 Å². The molecule has 0 saturated heterocycles. The molecule has 5 heteroatoms. The zero-order chi connectivity index (χ0) is 50.3. The maximum absolute atomic E-state index is 9.41. The van der Waals surface area contributed by atoms with Crippen LogP contribution in [0.4, 0.5) is 0 Å². The quantitative estimate of drug-likeness (QED) is 0.107. The van der Waals surface area contributed by atoms with Crippen LogP contribution in [0.15, 0.2) is 176 Å². The van der Waals surface area contributed by atoms with Crippen LogP contribution in [0, 0.1) is 12.2 Å². The lowest BCUT2D eigenvalue weighted by molar-refractivity contribution is -0.571. The largest absolute Gasteiger partial charge is 0.458 e. The van der Waals surface area contributed by atoms with Crippen LogP contribution in [0.3, 0.4) is 0 Å². The Labute approximate surface area is 391 Å². The van der Waals surface area contributed by atoms with Gasteiger partial charge in [-0.2, -0.15) is 0 Å². The van der Waals surface area contributed by atoms with Gasteiger partial charge < -0.3 is 4.74 Å². The van der Waals surface area contributed by atoms with Crippen molar-refractivity contribution in [2.75, 3.05) is 0 Å². The third-order valence-corrected chi connectivity index (χ3v) is 12.1. The van der Waals surface area contributed by atoms with Crippen LogP contribution < -0.4 is 9.30 Å². The monoisotopic (exact) mass is 854 g/mol. The van der Waals surface area contributed by atoms with Crippen molar-refractivity contribution in [1.82, 2.24) is 14.1 Å². The van der Waals surface area contributed by atoms with E-state index in [1.165, 1.54) is 11.1 Å². The molecule has 10 rings (SSSR count). The average molecular weight is 855 g/mol. The number of hydrogen-bond acceptors (Lipinski definition) is 2. The smallest absolute Gasteiger partial charge is 0.269 e. The molecule has 5 nitrogen and oxygen atoms in total. The topological polar surface area (TPSA) is 35.9 Å². The number of benzene rings is 7. The molecule has 3 heterocycles. The molecule has 0 saturated carbocycles. The summed E-state index contributed by atoms with van der Waals surface area (Å²) in [7, 11) is 0. The van der Waals surface area contributed by atoms with Gasteiger partial charge in [-0.05, 0) is 111 Å². The van der Waals surface area contributed by atoms with Gasteiger partial charge in [0.05, 0.1) is 41.7 Å². The first-order chi connectivity index (χ1) is 33.8. The molecule has 0 radical (unpaired) electrons. The Balaban J connectivity index is 1.15. The molecule has 10 aromatic rings. The highest BCUT2D eigenvalue weighted by Crippen LogP contribution is 2.40. The molecule has 0 aliphatic heterocycles. The second-order valence-electron chi connectivity index (χ2n) is 19.4. The SMILES string of the molecule is [2H]c1c(Oc2cccc(-n3[c-][n+](-c4c(-c5ccccc5)cccc4-c4cc(C(C)(C)C)cc(C(C)(C)C)c4)c4ccccc43)c2)cc2c(c1[2H])c1c([2H])c([2H])c([2H])c([2H])c1n2-c1cc(CC(C)C)ccn1. The number of nitrogens with zero attached hydrogens (tertiary/aromatic N) is 4.